The van der Waals surface area contributed by atoms with Crippen LogP contribution in [0.15, 0.2) is 30.3 Å². The van der Waals surface area contributed by atoms with Crippen LogP contribution in [0, 0.1) is 0 Å². The summed E-state index contributed by atoms with van der Waals surface area (Å²) in [6.45, 7) is 0.252. The lowest BCUT2D eigenvalue weighted by atomic mass is 9.96. The zero-order valence-electron chi connectivity index (χ0n) is 12.0. The fourth-order valence-electron chi connectivity index (χ4n) is 3.18. The van der Waals surface area contributed by atoms with Gasteiger partial charge in [0.1, 0.15) is 0 Å². The normalized spacial score (nSPS) is 28.3. The Morgan fingerprint density at radius 1 is 1.33 bits per heavy atom. The average Bonchev–Trinajstić information content (AvgIpc) is 3.09. The topological polar surface area (TPSA) is 70.6 Å². The Kier molecular flexibility index (Phi) is 4.41. The number of benzene rings is 1. The van der Waals surface area contributed by atoms with Crippen molar-refractivity contribution in [3.8, 4) is 0 Å². The van der Waals surface area contributed by atoms with Gasteiger partial charge in [-0.05, 0) is 24.8 Å². The Balaban J connectivity index is 1.37. The molecule has 2 aliphatic heterocycles. The van der Waals surface area contributed by atoms with Crippen LogP contribution >= 0.6 is 0 Å². The van der Waals surface area contributed by atoms with Crippen LogP contribution in [-0.4, -0.2) is 42.0 Å². The van der Waals surface area contributed by atoms with E-state index in [0.29, 0.717) is 12.5 Å². The summed E-state index contributed by atoms with van der Waals surface area (Å²) in [4.78, 5) is 11.8. The van der Waals surface area contributed by atoms with Crippen LogP contribution in [0.5, 0.6) is 0 Å². The predicted octanol–water partition coefficient (Wildman–Crippen LogP) is 1.21. The van der Waals surface area contributed by atoms with E-state index in [2.05, 4.69) is 10.6 Å². The zero-order chi connectivity index (χ0) is 14.7. The molecule has 2 saturated heterocycles. The van der Waals surface area contributed by atoms with Crippen molar-refractivity contribution in [2.45, 2.75) is 50.0 Å². The van der Waals surface area contributed by atoms with E-state index in [1.54, 1.807) is 0 Å². The molecule has 2 bridgehead atoms. The van der Waals surface area contributed by atoms with Gasteiger partial charge >= 0.3 is 6.03 Å². The summed E-state index contributed by atoms with van der Waals surface area (Å²) < 4.78 is 5.70. The first-order chi connectivity index (χ1) is 10.2. The van der Waals surface area contributed by atoms with Gasteiger partial charge in [0.05, 0.1) is 24.4 Å². The minimum absolute atomic E-state index is 0.120. The molecule has 0 radical (unpaired) electrons. The van der Waals surface area contributed by atoms with Crippen molar-refractivity contribution in [2.75, 3.05) is 6.54 Å². The van der Waals surface area contributed by atoms with Gasteiger partial charge in [0.25, 0.3) is 0 Å². The van der Waals surface area contributed by atoms with Gasteiger partial charge in [-0.2, -0.15) is 0 Å². The van der Waals surface area contributed by atoms with Crippen molar-refractivity contribution in [1.82, 2.24) is 10.6 Å². The highest BCUT2D eigenvalue weighted by Gasteiger charge is 2.41. The van der Waals surface area contributed by atoms with Crippen molar-refractivity contribution >= 4 is 6.03 Å². The second-order valence-electron chi connectivity index (χ2n) is 5.91. The summed E-state index contributed by atoms with van der Waals surface area (Å²) in [7, 11) is 0. The van der Waals surface area contributed by atoms with Gasteiger partial charge in [0.15, 0.2) is 0 Å². The molecule has 2 fully saturated rings. The van der Waals surface area contributed by atoms with Gasteiger partial charge in [0.2, 0.25) is 0 Å². The number of hydrogen-bond acceptors (Lipinski definition) is 3. The molecule has 0 aromatic heterocycles. The molecular weight excluding hydrogens is 268 g/mol. The molecule has 2 heterocycles. The van der Waals surface area contributed by atoms with Crippen LogP contribution in [0.4, 0.5) is 4.79 Å². The number of urea groups is 1. The highest BCUT2D eigenvalue weighted by Crippen LogP contribution is 2.34. The summed E-state index contributed by atoms with van der Waals surface area (Å²) in [5.74, 6) is 0. The Bertz CT molecular complexity index is 480. The van der Waals surface area contributed by atoms with Gasteiger partial charge in [-0.1, -0.05) is 30.3 Å². The number of aliphatic hydroxyl groups is 1. The Morgan fingerprint density at radius 2 is 2.14 bits per heavy atom. The van der Waals surface area contributed by atoms with Crippen LogP contribution < -0.4 is 10.6 Å². The highest BCUT2D eigenvalue weighted by molar-refractivity contribution is 5.74. The fraction of sp³-hybridized carbons (Fsp3) is 0.562. The second-order valence-corrected chi connectivity index (χ2v) is 5.91. The maximum absolute atomic E-state index is 11.8. The molecule has 3 N–H and O–H groups in total. The minimum Gasteiger partial charge on any atom is -0.391 e. The first-order valence-electron chi connectivity index (χ1n) is 7.62. The SMILES string of the molecule is O=C(NCC(O)Cc1ccccc1)NC1CC2CCC1O2. The lowest BCUT2D eigenvalue weighted by Gasteiger charge is -2.21. The minimum atomic E-state index is -0.575. The lowest BCUT2D eigenvalue weighted by Crippen LogP contribution is -2.48. The molecule has 5 nitrogen and oxygen atoms in total. The van der Waals surface area contributed by atoms with E-state index in [1.165, 1.54) is 0 Å². The predicted molar refractivity (Wildman–Crippen MR) is 79.0 cm³/mol. The molecule has 4 unspecified atom stereocenters. The average molecular weight is 290 g/mol. The standard InChI is InChI=1S/C16H22N2O3/c19-12(8-11-4-2-1-3-5-11)10-17-16(20)18-14-9-13-6-7-15(14)21-13/h1-5,12-15,19H,6-10H2,(H2,17,18,20). The van der Waals surface area contributed by atoms with Gasteiger partial charge in [-0.25, -0.2) is 4.79 Å². The van der Waals surface area contributed by atoms with Crippen molar-refractivity contribution < 1.29 is 14.6 Å². The van der Waals surface area contributed by atoms with E-state index in [1.807, 2.05) is 30.3 Å². The summed E-state index contributed by atoms with van der Waals surface area (Å²) in [5.41, 5.74) is 1.06. The molecule has 2 amide bonds. The zero-order valence-corrected chi connectivity index (χ0v) is 12.0. The van der Waals surface area contributed by atoms with Gasteiger partial charge < -0.3 is 20.5 Å². The van der Waals surface area contributed by atoms with E-state index < -0.39 is 6.10 Å². The maximum Gasteiger partial charge on any atom is 0.315 e. The molecule has 0 aliphatic carbocycles. The number of amides is 2. The molecule has 1 aromatic rings. The van der Waals surface area contributed by atoms with Crippen LogP contribution in [-0.2, 0) is 11.2 Å². The molecule has 21 heavy (non-hydrogen) atoms. The maximum atomic E-state index is 11.8. The Hall–Kier alpha value is -1.59. The smallest absolute Gasteiger partial charge is 0.315 e. The van der Waals surface area contributed by atoms with Crippen LogP contribution in [0.3, 0.4) is 0 Å². The number of fused-ring (bicyclic) bond motifs is 2. The lowest BCUT2D eigenvalue weighted by molar-refractivity contribution is 0.0979. The van der Waals surface area contributed by atoms with Crippen LogP contribution in [0.1, 0.15) is 24.8 Å². The van der Waals surface area contributed by atoms with Crippen molar-refractivity contribution in [3.05, 3.63) is 35.9 Å². The third kappa shape index (κ3) is 3.74. The molecule has 3 rings (SSSR count). The number of carbonyl (C=O) groups is 1. The summed E-state index contributed by atoms with van der Waals surface area (Å²) >= 11 is 0. The number of rotatable bonds is 5. The largest absolute Gasteiger partial charge is 0.391 e. The van der Waals surface area contributed by atoms with Gasteiger partial charge in [-0.15, -0.1) is 0 Å². The molecule has 2 aliphatic rings. The van der Waals surface area contributed by atoms with Gasteiger partial charge in [0, 0.05) is 13.0 Å². The van der Waals surface area contributed by atoms with E-state index in [-0.39, 0.29) is 24.7 Å². The quantitative estimate of drug-likeness (QED) is 0.763. The number of nitrogens with one attached hydrogen (secondary N) is 2. The van der Waals surface area contributed by atoms with E-state index in [9.17, 15) is 9.90 Å². The van der Waals surface area contributed by atoms with E-state index in [4.69, 9.17) is 4.74 Å². The van der Waals surface area contributed by atoms with Crippen molar-refractivity contribution in [3.63, 3.8) is 0 Å². The number of ether oxygens (including phenoxy) is 1. The van der Waals surface area contributed by atoms with Crippen LogP contribution in [0.2, 0.25) is 0 Å². The molecule has 1 aromatic carbocycles. The second kappa shape index (κ2) is 6.45. The summed E-state index contributed by atoms with van der Waals surface area (Å²) in [6, 6.07) is 9.66. The first-order valence-corrected chi connectivity index (χ1v) is 7.62. The van der Waals surface area contributed by atoms with E-state index >= 15 is 0 Å². The van der Waals surface area contributed by atoms with Crippen LogP contribution in [0.25, 0.3) is 0 Å². The molecule has 4 atom stereocenters. The van der Waals surface area contributed by atoms with Gasteiger partial charge in [-0.3, -0.25) is 0 Å². The summed E-state index contributed by atoms with van der Waals surface area (Å²) in [5, 5.41) is 15.6. The number of aliphatic hydroxyl groups excluding tert-OH is 1. The monoisotopic (exact) mass is 290 g/mol. The first kappa shape index (κ1) is 14.4. The highest BCUT2D eigenvalue weighted by atomic mass is 16.5. The Morgan fingerprint density at radius 3 is 2.81 bits per heavy atom. The Labute approximate surface area is 124 Å². The van der Waals surface area contributed by atoms with Crippen molar-refractivity contribution in [1.29, 1.82) is 0 Å². The van der Waals surface area contributed by atoms with Crippen molar-refractivity contribution in [2.24, 2.45) is 0 Å². The molecule has 5 heteroatoms. The third-order valence-corrected chi connectivity index (χ3v) is 4.23. The molecule has 114 valence electrons. The third-order valence-electron chi connectivity index (χ3n) is 4.23. The summed E-state index contributed by atoms with van der Waals surface area (Å²) in [6.07, 6.45) is 3.52. The molecule has 0 saturated carbocycles. The number of carbonyl (C=O) groups excluding carboxylic acids is 1. The molecule has 0 spiro atoms. The fourth-order valence-corrected chi connectivity index (χ4v) is 3.18. The molecular formula is C16H22N2O3. The van der Waals surface area contributed by atoms with E-state index in [0.717, 1.165) is 24.8 Å². The number of hydrogen-bond donors (Lipinski definition) is 3.